The van der Waals surface area contributed by atoms with Gasteiger partial charge in [-0.2, -0.15) is 0 Å². The summed E-state index contributed by atoms with van der Waals surface area (Å²) in [6.45, 7) is 4.47. The van der Waals surface area contributed by atoms with Gasteiger partial charge in [0.2, 0.25) is 0 Å². The lowest BCUT2D eigenvalue weighted by molar-refractivity contribution is 0.281. The summed E-state index contributed by atoms with van der Waals surface area (Å²) in [5, 5.41) is 4.86. The first-order valence-electron chi connectivity index (χ1n) is 7.44. The first-order valence-corrected chi connectivity index (χ1v) is 7.44. The molecule has 19 heavy (non-hydrogen) atoms. The average Bonchev–Trinajstić information content (AvgIpc) is 2.85. The summed E-state index contributed by atoms with van der Waals surface area (Å²) < 4.78 is 0. The van der Waals surface area contributed by atoms with Crippen molar-refractivity contribution in [3.63, 3.8) is 0 Å². The summed E-state index contributed by atoms with van der Waals surface area (Å²) in [5.74, 6) is 1.82. The molecular weight excluding hydrogens is 234 g/mol. The SMILES string of the molecule is CC1CCC(CNCc2c[nH]c3ncccc23)CC1. The fourth-order valence-corrected chi connectivity index (χ4v) is 3.10. The van der Waals surface area contributed by atoms with Gasteiger partial charge in [0.05, 0.1) is 0 Å². The van der Waals surface area contributed by atoms with Crippen molar-refractivity contribution in [1.29, 1.82) is 0 Å². The number of H-pyrrole nitrogens is 1. The summed E-state index contributed by atoms with van der Waals surface area (Å²) in [7, 11) is 0. The molecule has 2 aromatic heterocycles. The lowest BCUT2D eigenvalue weighted by atomic mass is 9.83. The van der Waals surface area contributed by atoms with E-state index in [0.717, 1.165) is 30.6 Å². The Morgan fingerprint density at radius 1 is 1.32 bits per heavy atom. The second-order valence-electron chi connectivity index (χ2n) is 5.97. The normalized spacial score (nSPS) is 23.8. The van der Waals surface area contributed by atoms with Crippen molar-refractivity contribution in [2.75, 3.05) is 6.54 Å². The number of nitrogens with one attached hydrogen (secondary N) is 2. The fraction of sp³-hybridized carbons (Fsp3) is 0.562. The minimum Gasteiger partial charge on any atom is -0.346 e. The van der Waals surface area contributed by atoms with Crippen molar-refractivity contribution in [2.24, 2.45) is 11.8 Å². The lowest BCUT2D eigenvalue weighted by Crippen LogP contribution is -2.25. The molecular formula is C16H23N3. The molecule has 1 aliphatic rings. The molecule has 0 aromatic carbocycles. The molecule has 3 nitrogen and oxygen atoms in total. The number of nitrogens with zero attached hydrogens (tertiary/aromatic N) is 1. The summed E-state index contributed by atoms with van der Waals surface area (Å²) in [6.07, 6.45) is 9.51. The maximum Gasteiger partial charge on any atom is 0.137 e. The predicted octanol–water partition coefficient (Wildman–Crippen LogP) is 3.48. The van der Waals surface area contributed by atoms with Gasteiger partial charge in [0.25, 0.3) is 0 Å². The van der Waals surface area contributed by atoms with Crippen LogP contribution < -0.4 is 5.32 Å². The largest absolute Gasteiger partial charge is 0.346 e. The van der Waals surface area contributed by atoms with E-state index < -0.39 is 0 Å². The number of pyridine rings is 1. The van der Waals surface area contributed by atoms with E-state index in [9.17, 15) is 0 Å². The summed E-state index contributed by atoms with van der Waals surface area (Å²) >= 11 is 0. The van der Waals surface area contributed by atoms with E-state index in [1.165, 1.54) is 36.6 Å². The van der Waals surface area contributed by atoms with Crippen molar-refractivity contribution in [3.8, 4) is 0 Å². The van der Waals surface area contributed by atoms with E-state index in [4.69, 9.17) is 0 Å². The minimum atomic E-state index is 0.875. The van der Waals surface area contributed by atoms with E-state index in [-0.39, 0.29) is 0 Å². The van der Waals surface area contributed by atoms with Crippen molar-refractivity contribution in [2.45, 2.75) is 39.2 Å². The third kappa shape index (κ3) is 2.98. The highest BCUT2D eigenvalue weighted by atomic mass is 14.9. The van der Waals surface area contributed by atoms with Gasteiger partial charge in [-0.25, -0.2) is 4.98 Å². The van der Waals surface area contributed by atoms with Crippen LogP contribution in [0, 0.1) is 11.8 Å². The first kappa shape index (κ1) is 12.7. The van der Waals surface area contributed by atoms with Crippen LogP contribution >= 0.6 is 0 Å². The number of hydrogen-bond acceptors (Lipinski definition) is 2. The molecule has 0 atom stereocenters. The van der Waals surface area contributed by atoms with Gasteiger partial charge in [0.1, 0.15) is 5.65 Å². The van der Waals surface area contributed by atoms with Gasteiger partial charge in [-0.15, -0.1) is 0 Å². The standard InChI is InChI=1S/C16H23N3/c1-12-4-6-13(7-5-12)9-17-10-14-11-19-16-15(14)3-2-8-18-16/h2-3,8,11-13,17H,4-7,9-10H2,1H3,(H,18,19). The molecule has 3 heteroatoms. The number of aromatic nitrogens is 2. The third-order valence-corrected chi connectivity index (χ3v) is 4.42. The Morgan fingerprint density at radius 2 is 2.16 bits per heavy atom. The Morgan fingerprint density at radius 3 is 3.00 bits per heavy atom. The smallest absolute Gasteiger partial charge is 0.137 e. The van der Waals surface area contributed by atoms with Crippen LogP contribution in [0.4, 0.5) is 0 Å². The molecule has 2 heterocycles. The lowest BCUT2D eigenvalue weighted by Gasteiger charge is -2.26. The van der Waals surface area contributed by atoms with Gasteiger partial charge in [0, 0.05) is 24.3 Å². The Labute approximate surface area is 114 Å². The van der Waals surface area contributed by atoms with Crippen LogP contribution in [0.1, 0.15) is 38.2 Å². The number of rotatable bonds is 4. The molecule has 102 valence electrons. The van der Waals surface area contributed by atoms with Crippen LogP contribution in [0.15, 0.2) is 24.5 Å². The Bertz CT molecular complexity index is 524. The van der Waals surface area contributed by atoms with Crippen LogP contribution in [0.5, 0.6) is 0 Å². The maximum absolute atomic E-state index is 4.32. The molecule has 1 fully saturated rings. The minimum absolute atomic E-state index is 0.875. The molecule has 0 saturated heterocycles. The van der Waals surface area contributed by atoms with Gasteiger partial charge in [0.15, 0.2) is 0 Å². The zero-order valence-corrected chi connectivity index (χ0v) is 11.7. The van der Waals surface area contributed by atoms with Gasteiger partial charge >= 0.3 is 0 Å². The van der Waals surface area contributed by atoms with Crippen molar-refractivity contribution >= 4 is 11.0 Å². The van der Waals surface area contributed by atoms with Gasteiger partial charge in [-0.05, 0) is 48.9 Å². The maximum atomic E-state index is 4.32. The molecule has 0 aliphatic heterocycles. The Balaban J connectivity index is 1.52. The van der Waals surface area contributed by atoms with Crippen molar-refractivity contribution < 1.29 is 0 Å². The zero-order valence-electron chi connectivity index (χ0n) is 11.7. The average molecular weight is 257 g/mol. The van der Waals surface area contributed by atoms with E-state index in [2.05, 4.69) is 34.5 Å². The molecule has 0 unspecified atom stereocenters. The third-order valence-electron chi connectivity index (χ3n) is 4.42. The first-order chi connectivity index (χ1) is 9.33. The van der Waals surface area contributed by atoms with Gasteiger partial charge in [-0.1, -0.05) is 19.8 Å². The topological polar surface area (TPSA) is 40.7 Å². The summed E-state index contributed by atoms with van der Waals surface area (Å²) in [6, 6.07) is 4.14. The van der Waals surface area contributed by atoms with Gasteiger partial charge < -0.3 is 10.3 Å². The van der Waals surface area contributed by atoms with Crippen LogP contribution in [-0.2, 0) is 6.54 Å². The number of aromatic amines is 1. The second kappa shape index (κ2) is 5.74. The number of hydrogen-bond donors (Lipinski definition) is 2. The van der Waals surface area contributed by atoms with Gasteiger partial charge in [-0.3, -0.25) is 0 Å². The monoisotopic (exact) mass is 257 g/mol. The van der Waals surface area contributed by atoms with E-state index in [0.29, 0.717) is 0 Å². The molecule has 0 bridgehead atoms. The van der Waals surface area contributed by atoms with Crippen LogP contribution in [0.3, 0.4) is 0 Å². The molecule has 0 spiro atoms. The summed E-state index contributed by atoms with van der Waals surface area (Å²) in [4.78, 5) is 7.56. The van der Waals surface area contributed by atoms with Crippen LogP contribution in [-0.4, -0.2) is 16.5 Å². The van der Waals surface area contributed by atoms with Crippen LogP contribution in [0.25, 0.3) is 11.0 Å². The quantitative estimate of drug-likeness (QED) is 0.880. The van der Waals surface area contributed by atoms with Crippen molar-refractivity contribution in [1.82, 2.24) is 15.3 Å². The number of fused-ring (bicyclic) bond motifs is 1. The molecule has 1 aliphatic carbocycles. The highest BCUT2D eigenvalue weighted by Gasteiger charge is 2.17. The molecule has 2 N–H and O–H groups in total. The van der Waals surface area contributed by atoms with E-state index >= 15 is 0 Å². The molecule has 3 rings (SSSR count). The molecule has 0 amide bonds. The Kier molecular flexibility index (Phi) is 3.83. The van der Waals surface area contributed by atoms with E-state index in [1.807, 2.05) is 12.3 Å². The predicted molar refractivity (Wildman–Crippen MR) is 78.9 cm³/mol. The van der Waals surface area contributed by atoms with Crippen LogP contribution in [0.2, 0.25) is 0 Å². The fourth-order valence-electron chi connectivity index (χ4n) is 3.10. The van der Waals surface area contributed by atoms with E-state index in [1.54, 1.807) is 0 Å². The highest BCUT2D eigenvalue weighted by molar-refractivity contribution is 5.79. The molecule has 1 saturated carbocycles. The Hall–Kier alpha value is -1.35. The molecule has 0 radical (unpaired) electrons. The molecule has 2 aromatic rings. The van der Waals surface area contributed by atoms with Crippen molar-refractivity contribution in [3.05, 3.63) is 30.1 Å². The zero-order chi connectivity index (χ0) is 13.1. The highest BCUT2D eigenvalue weighted by Crippen LogP contribution is 2.27. The summed E-state index contributed by atoms with van der Waals surface area (Å²) in [5.41, 5.74) is 2.32. The second-order valence-corrected chi connectivity index (χ2v) is 5.97.